The highest BCUT2D eigenvalue weighted by molar-refractivity contribution is 5.92. The summed E-state index contributed by atoms with van der Waals surface area (Å²) in [6.45, 7) is 2.56. The largest absolute Gasteiger partial charge is 0.496 e. The fourth-order valence-corrected chi connectivity index (χ4v) is 3.33. The van der Waals surface area contributed by atoms with Crippen LogP contribution in [0.15, 0.2) is 47.4 Å². The Morgan fingerprint density at radius 3 is 2.16 bits per heavy atom. The second-order valence-electron chi connectivity index (χ2n) is 6.87. The van der Waals surface area contributed by atoms with Crippen LogP contribution in [0.1, 0.15) is 12.5 Å². The molecule has 0 N–H and O–H groups in total. The van der Waals surface area contributed by atoms with E-state index in [1.165, 1.54) is 29.9 Å². The van der Waals surface area contributed by atoms with Crippen LogP contribution in [0.5, 0.6) is 23.0 Å². The maximum Gasteiger partial charge on any atom is 0.415 e. The molecule has 0 saturated carbocycles. The number of carbonyl (C=O) groups excluding carboxylic acids is 1. The van der Waals surface area contributed by atoms with E-state index in [0.717, 1.165) is 5.56 Å². The standard InChI is InChI=1S/C23H26N2O6/c1-6-25-14-21(16-11-19(29-4)20(30-5)12-17(16)22(25)26)31-23(27)24(2)13-15-9-7-8-10-18(15)28-3/h7-12,14H,6,13H2,1-5H3. The molecule has 8 heteroatoms. The normalized spacial score (nSPS) is 10.6. The Morgan fingerprint density at radius 1 is 0.935 bits per heavy atom. The van der Waals surface area contributed by atoms with E-state index in [9.17, 15) is 9.59 Å². The number of aromatic nitrogens is 1. The summed E-state index contributed by atoms with van der Waals surface area (Å²) in [5.41, 5.74) is 0.639. The van der Waals surface area contributed by atoms with Gasteiger partial charge in [0.25, 0.3) is 5.56 Å². The van der Waals surface area contributed by atoms with Gasteiger partial charge in [-0.15, -0.1) is 0 Å². The third-order valence-electron chi connectivity index (χ3n) is 5.00. The quantitative estimate of drug-likeness (QED) is 0.574. The van der Waals surface area contributed by atoms with Crippen molar-refractivity contribution < 1.29 is 23.7 Å². The van der Waals surface area contributed by atoms with Gasteiger partial charge in [-0.2, -0.15) is 0 Å². The molecule has 0 fully saturated rings. The van der Waals surface area contributed by atoms with Crippen LogP contribution in [0, 0.1) is 0 Å². The first-order valence-corrected chi connectivity index (χ1v) is 9.77. The van der Waals surface area contributed by atoms with Gasteiger partial charge in [-0.3, -0.25) is 4.79 Å². The minimum Gasteiger partial charge on any atom is -0.496 e. The van der Waals surface area contributed by atoms with Crippen LogP contribution in [0.4, 0.5) is 4.79 Å². The highest BCUT2D eigenvalue weighted by atomic mass is 16.6. The lowest BCUT2D eigenvalue weighted by Crippen LogP contribution is -2.30. The molecule has 0 unspecified atom stereocenters. The summed E-state index contributed by atoms with van der Waals surface area (Å²) in [6, 6.07) is 10.7. The Morgan fingerprint density at radius 2 is 1.55 bits per heavy atom. The summed E-state index contributed by atoms with van der Waals surface area (Å²) in [7, 11) is 6.22. The third kappa shape index (κ3) is 4.42. The van der Waals surface area contributed by atoms with E-state index in [1.807, 2.05) is 31.2 Å². The van der Waals surface area contributed by atoms with E-state index in [0.29, 0.717) is 41.1 Å². The van der Waals surface area contributed by atoms with Gasteiger partial charge in [0.1, 0.15) is 5.75 Å². The van der Waals surface area contributed by atoms with Crippen molar-refractivity contribution in [3.05, 3.63) is 58.5 Å². The van der Waals surface area contributed by atoms with Crippen LogP contribution in [-0.4, -0.2) is 43.9 Å². The van der Waals surface area contributed by atoms with Crippen molar-refractivity contribution in [2.75, 3.05) is 28.4 Å². The van der Waals surface area contributed by atoms with Crippen molar-refractivity contribution in [3.63, 3.8) is 0 Å². The lowest BCUT2D eigenvalue weighted by Gasteiger charge is -2.20. The van der Waals surface area contributed by atoms with Crippen molar-refractivity contribution >= 4 is 16.9 Å². The van der Waals surface area contributed by atoms with Crippen LogP contribution in [0.25, 0.3) is 10.8 Å². The minimum atomic E-state index is -0.566. The zero-order valence-electron chi connectivity index (χ0n) is 18.3. The van der Waals surface area contributed by atoms with Crippen LogP contribution in [-0.2, 0) is 13.1 Å². The van der Waals surface area contributed by atoms with Gasteiger partial charge in [0, 0.05) is 24.5 Å². The smallest absolute Gasteiger partial charge is 0.415 e. The number of aryl methyl sites for hydroxylation is 1. The maximum atomic E-state index is 12.8. The van der Waals surface area contributed by atoms with E-state index in [-0.39, 0.29) is 11.3 Å². The lowest BCUT2D eigenvalue weighted by atomic mass is 10.1. The number of ether oxygens (including phenoxy) is 4. The molecule has 0 aliphatic heterocycles. The van der Waals surface area contributed by atoms with Crippen molar-refractivity contribution in [2.45, 2.75) is 20.0 Å². The number of hydrogen-bond donors (Lipinski definition) is 0. The Kier molecular flexibility index (Phi) is 6.69. The molecule has 0 atom stereocenters. The monoisotopic (exact) mass is 426 g/mol. The van der Waals surface area contributed by atoms with Crippen LogP contribution >= 0.6 is 0 Å². The molecule has 1 amide bonds. The highest BCUT2D eigenvalue weighted by Gasteiger charge is 2.19. The van der Waals surface area contributed by atoms with E-state index >= 15 is 0 Å². The van der Waals surface area contributed by atoms with Gasteiger partial charge in [-0.25, -0.2) is 4.79 Å². The number of methoxy groups -OCH3 is 3. The molecule has 0 spiro atoms. The topological polar surface area (TPSA) is 79.2 Å². The molecule has 0 aliphatic rings. The molecule has 1 aromatic heterocycles. The van der Waals surface area contributed by atoms with Crippen molar-refractivity contribution in [1.82, 2.24) is 9.47 Å². The van der Waals surface area contributed by atoms with Crippen molar-refractivity contribution in [2.24, 2.45) is 0 Å². The van der Waals surface area contributed by atoms with Gasteiger partial charge < -0.3 is 28.4 Å². The summed E-state index contributed by atoms with van der Waals surface area (Å²) in [5, 5.41) is 0.837. The van der Waals surface area contributed by atoms with Gasteiger partial charge in [0.05, 0.1) is 39.5 Å². The van der Waals surface area contributed by atoms with Crippen LogP contribution < -0.4 is 24.5 Å². The van der Waals surface area contributed by atoms with E-state index in [4.69, 9.17) is 18.9 Å². The molecule has 164 valence electrons. The van der Waals surface area contributed by atoms with Gasteiger partial charge >= 0.3 is 6.09 Å². The molecule has 3 aromatic rings. The van der Waals surface area contributed by atoms with Gasteiger partial charge in [0.2, 0.25) is 0 Å². The summed E-state index contributed by atoms with van der Waals surface area (Å²) >= 11 is 0. The average molecular weight is 426 g/mol. The van der Waals surface area contributed by atoms with Crippen molar-refractivity contribution in [1.29, 1.82) is 0 Å². The maximum absolute atomic E-state index is 12.8. The van der Waals surface area contributed by atoms with Gasteiger partial charge in [-0.05, 0) is 25.1 Å². The minimum absolute atomic E-state index is 0.208. The number of pyridine rings is 1. The third-order valence-corrected chi connectivity index (χ3v) is 5.00. The second-order valence-corrected chi connectivity index (χ2v) is 6.87. The number of hydrogen-bond acceptors (Lipinski definition) is 6. The molecule has 0 aliphatic carbocycles. The molecule has 3 rings (SSSR count). The number of para-hydroxylation sites is 1. The number of benzene rings is 2. The van der Waals surface area contributed by atoms with Gasteiger partial charge in [0.15, 0.2) is 17.2 Å². The Bertz CT molecular complexity index is 1150. The molecule has 8 nitrogen and oxygen atoms in total. The predicted molar refractivity (Wildman–Crippen MR) is 117 cm³/mol. The first-order chi connectivity index (χ1) is 14.9. The van der Waals surface area contributed by atoms with E-state index in [1.54, 1.807) is 26.3 Å². The highest BCUT2D eigenvalue weighted by Crippen LogP contribution is 2.35. The first kappa shape index (κ1) is 22.0. The summed E-state index contributed by atoms with van der Waals surface area (Å²) in [6.07, 6.45) is 0.967. The SMILES string of the molecule is CCn1cc(OC(=O)N(C)Cc2ccccc2OC)c2cc(OC)c(OC)cc2c1=O. The zero-order chi connectivity index (χ0) is 22.5. The molecule has 2 aromatic carbocycles. The second kappa shape index (κ2) is 9.42. The molecule has 31 heavy (non-hydrogen) atoms. The number of carbonyl (C=O) groups is 1. The molecule has 1 heterocycles. The molecule has 0 saturated heterocycles. The Labute approximate surface area is 180 Å². The number of nitrogens with zero attached hydrogens (tertiary/aromatic N) is 2. The predicted octanol–water partition coefficient (Wildman–Crippen LogP) is 3.68. The Hall–Kier alpha value is -3.68. The molecule has 0 radical (unpaired) electrons. The fraction of sp³-hybridized carbons (Fsp3) is 0.304. The number of fused-ring (bicyclic) bond motifs is 1. The van der Waals surface area contributed by atoms with E-state index < -0.39 is 6.09 Å². The Balaban J connectivity index is 1.98. The number of amides is 1. The fourth-order valence-electron chi connectivity index (χ4n) is 3.33. The first-order valence-electron chi connectivity index (χ1n) is 9.77. The number of rotatable bonds is 7. The van der Waals surface area contributed by atoms with Crippen LogP contribution in [0.3, 0.4) is 0 Å². The zero-order valence-corrected chi connectivity index (χ0v) is 18.3. The van der Waals surface area contributed by atoms with E-state index in [2.05, 4.69) is 0 Å². The summed E-state index contributed by atoms with van der Waals surface area (Å²) in [4.78, 5) is 27.1. The van der Waals surface area contributed by atoms with Crippen molar-refractivity contribution in [3.8, 4) is 23.0 Å². The summed E-state index contributed by atoms with van der Waals surface area (Å²) in [5.74, 6) is 1.80. The molecular weight excluding hydrogens is 400 g/mol. The van der Waals surface area contributed by atoms with Gasteiger partial charge in [-0.1, -0.05) is 18.2 Å². The average Bonchev–Trinajstić information content (AvgIpc) is 2.80. The lowest BCUT2D eigenvalue weighted by molar-refractivity contribution is 0.160. The molecule has 0 bridgehead atoms. The van der Waals surface area contributed by atoms with Crippen LogP contribution in [0.2, 0.25) is 0 Å². The molecular formula is C23H26N2O6. The summed E-state index contributed by atoms with van der Waals surface area (Å²) < 4.78 is 23.2.